The first-order chi connectivity index (χ1) is 10.7. The normalized spacial score (nSPS) is 12.7. The number of imidazole rings is 1. The van der Waals surface area contributed by atoms with Gasteiger partial charge in [0.15, 0.2) is 5.96 Å². The molecule has 1 aromatic heterocycles. The molecule has 0 amide bonds. The summed E-state index contributed by atoms with van der Waals surface area (Å²) in [5, 5.41) is 6.69. The van der Waals surface area contributed by atoms with Crippen molar-refractivity contribution in [1.29, 1.82) is 0 Å². The monoisotopic (exact) mass is 429 g/mol. The summed E-state index contributed by atoms with van der Waals surface area (Å²) in [6.07, 6.45) is 2.99. The first-order valence-corrected chi connectivity index (χ1v) is 8.21. The summed E-state index contributed by atoms with van der Waals surface area (Å²) >= 11 is 0. The van der Waals surface area contributed by atoms with E-state index in [2.05, 4.69) is 52.4 Å². The van der Waals surface area contributed by atoms with Gasteiger partial charge >= 0.3 is 0 Å². The van der Waals surface area contributed by atoms with Crippen LogP contribution in [0.2, 0.25) is 0 Å². The molecule has 2 rings (SSSR count). The van der Waals surface area contributed by atoms with Crippen molar-refractivity contribution in [3.8, 4) is 0 Å². The van der Waals surface area contributed by atoms with Gasteiger partial charge in [-0.2, -0.15) is 0 Å². The number of nitrogens with zero attached hydrogens (tertiary/aromatic N) is 2. The number of fused-ring (bicyclic) bond motifs is 1. The maximum atomic E-state index is 4.62. The third-order valence-corrected chi connectivity index (χ3v) is 3.62. The molecule has 0 radical (unpaired) electrons. The van der Waals surface area contributed by atoms with E-state index in [0.29, 0.717) is 6.04 Å². The molecule has 1 unspecified atom stereocenters. The van der Waals surface area contributed by atoms with Crippen LogP contribution in [0.3, 0.4) is 0 Å². The Labute approximate surface area is 155 Å². The van der Waals surface area contributed by atoms with Crippen LogP contribution in [0.15, 0.2) is 29.3 Å². The van der Waals surface area contributed by atoms with Crippen LogP contribution >= 0.6 is 24.0 Å². The summed E-state index contributed by atoms with van der Waals surface area (Å²) in [6, 6.07) is 8.57. The second kappa shape index (κ2) is 10.5. The molecule has 2 aromatic rings. The van der Waals surface area contributed by atoms with E-state index in [4.69, 9.17) is 0 Å². The van der Waals surface area contributed by atoms with Crippen LogP contribution in [0.5, 0.6) is 0 Å². The Morgan fingerprint density at radius 3 is 2.78 bits per heavy atom. The van der Waals surface area contributed by atoms with Gasteiger partial charge in [-0.3, -0.25) is 4.99 Å². The Bertz CT molecular complexity index is 575. The molecule has 0 saturated heterocycles. The number of para-hydroxylation sites is 2. The lowest BCUT2D eigenvalue weighted by molar-refractivity contribution is 0.623. The molecule has 0 fully saturated rings. The number of halogens is 1. The number of H-pyrrole nitrogens is 1. The quantitative estimate of drug-likeness (QED) is 0.273. The predicted molar refractivity (Wildman–Crippen MR) is 109 cm³/mol. The van der Waals surface area contributed by atoms with E-state index in [1.165, 1.54) is 0 Å². The molecule has 1 aromatic carbocycles. The van der Waals surface area contributed by atoms with Gasteiger partial charge in [-0.25, -0.2) is 4.98 Å². The third kappa shape index (κ3) is 6.37. The van der Waals surface area contributed by atoms with Crippen molar-refractivity contribution in [1.82, 2.24) is 20.6 Å². The minimum absolute atomic E-state index is 0. The molecule has 6 heteroatoms. The second-order valence-electron chi connectivity index (χ2n) is 5.52. The van der Waals surface area contributed by atoms with E-state index in [1.54, 1.807) is 0 Å². The zero-order valence-electron chi connectivity index (χ0n) is 14.2. The summed E-state index contributed by atoms with van der Waals surface area (Å²) < 4.78 is 0. The number of aliphatic imine (C=N–C) groups is 1. The van der Waals surface area contributed by atoms with Crippen molar-refractivity contribution in [2.45, 2.75) is 46.1 Å². The van der Waals surface area contributed by atoms with Crippen molar-refractivity contribution >= 4 is 41.0 Å². The van der Waals surface area contributed by atoms with Crippen LogP contribution in [0.4, 0.5) is 0 Å². The van der Waals surface area contributed by atoms with Crippen LogP contribution in [0, 0.1) is 0 Å². The topological polar surface area (TPSA) is 65.1 Å². The molecule has 1 heterocycles. The first kappa shape index (κ1) is 19.7. The summed E-state index contributed by atoms with van der Waals surface area (Å²) in [5.41, 5.74) is 2.14. The number of benzene rings is 1. The van der Waals surface area contributed by atoms with Crippen LogP contribution in [-0.4, -0.2) is 35.1 Å². The highest BCUT2D eigenvalue weighted by Gasteiger charge is 2.03. The Balaban J connectivity index is 0.00000264. The molecule has 128 valence electrons. The van der Waals surface area contributed by atoms with E-state index in [-0.39, 0.29) is 24.0 Å². The van der Waals surface area contributed by atoms with Crippen molar-refractivity contribution in [3.05, 3.63) is 30.1 Å². The molecule has 0 saturated carbocycles. The maximum absolute atomic E-state index is 4.62. The van der Waals surface area contributed by atoms with Gasteiger partial charge in [0.2, 0.25) is 0 Å². The summed E-state index contributed by atoms with van der Waals surface area (Å²) in [4.78, 5) is 12.6. The zero-order valence-corrected chi connectivity index (χ0v) is 16.6. The van der Waals surface area contributed by atoms with Crippen LogP contribution in [0.25, 0.3) is 11.0 Å². The summed E-state index contributed by atoms with van der Waals surface area (Å²) in [6.45, 7) is 8.10. The Kier molecular flexibility index (Phi) is 8.98. The number of nitrogens with one attached hydrogen (secondary N) is 3. The largest absolute Gasteiger partial charge is 0.357 e. The Morgan fingerprint density at radius 1 is 1.30 bits per heavy atom. The minimum atomic E-state index is 0. The SMILES string of the molecule is CCNC(=NCCCc1nc2ccccc2[nH]1)NC(C)CC.I. The molecular formula is C17H28IN5. The first-order valence-electron chi connectivity index (χ1n) is 8.21. The molecule has 0 aliphatic carbocycles. The molecular weight excluding hydrogens is 401 g/mol. The number of hydrogen-bond acceptors (Lipinski definition) is 2. The van der Waals surface area contributed by atoms with Gasteiger partial charge in [-0.1, -0.05) is 19.1 Å². The molecule has 3 N–H and O–H groups in total. The van der Waals surface area contributed by atoms with Gasteiger partial charge in [0.25, 0.3) is 0 Å². The molecule has 0 aliphatic rings. The standard InChI is InChI=1S/C17H27N5.HI/c1-4-13(3)20-17(18-5-2)19-12-8-11-16-21-14-9-6-7-10-15(14)22-16;/h6-7,9-10,13H,4-5,8,11-12H2,1-3H3,(H,21,22)(H2,18,19,20);1H. The smallest absolute Gasteiger partial charge is 0.191 e. The number of aromatic amines is 1. The lowest BCUT2D eigenvalue weighted by Crippen LogP contribution is -2.42. The zero-order chi connectivity index (χ0) is 15.8. The van der Waals surface area contributed by atoms with E-state index >= 15 is 0 Å². The van der Waals surface area contributed by atoms with Crippen LogP contribution in [-0.2, 0) is 6.42 Å². The lowest BCUT2D eigenvalue weighted by Gasteiger charge is -2.16. The second-order valence-corrected chi connectivity index (χ2v) is 5.52. The fourth-order valence-corrected chi connectivity index (χ4v) is 2.22. The van der Waals surface area contributed by atoms with Crippen molar-refractivity contribution in [3.63, 3.8) is 0 Å². The number of hydrogen-bond donors (Lipinski definition) is 3. The molecule has 1 atom stereocenters. The average Bonchev–Trinajstić information content (AvgIpc) is 2.94. The van der Waals surface area contributed by atoms with Gasteiger partial charge in [0.05, 0.1) is 11.0 Å². The van der Waals surface area contributed by atoms with Crippen molar-refractivity contribution < 1.29 is 0 Å². The van der Waals surface area contributed by atoms with Gasteiger partial charge < -0.3 is 15.6 Å². The number of rotatable bonds is 7. The highest BCUT2D eigenvalue weighted by molar-refractivity contribution is 14.0. The minimum Gasteiger partial charge on any atom is -0.357 e. The highest BCUT2D eigenvalue weighted by atomic mass is 127. The molecule has 0 aliphatic heterocycles. The fraction of sp³-hybridized carbons (Fsp3) is 0.529. The van der Waals surface area contributed by atoms with Gasteiger partial charge in [0.1, 0.15) is 5.82 Å². The van der Waals surface area contributed by atoms with Crippen LogP contribution in [0.1, 0.15) is 39.4 Å². The summed E-state index contributed by atoms with van der Waals surface area (Å²) in [7, 11) is 0. The molecule has 0 bridgehead atoms. The van der Waals surface area contributed by atoms with Crippen molar-refractivity contribution in [2.24, 2.45) is 4.99 Å². The van der Waals surface area contributed by atoms with Crippen LogP contribution < -0.4 is 10.6 Å². The van der Waals surface area contributed by atoms with Crippen molar-refractivity contribution in [2.75, 3.05) is 13.1 Å². The molecule has 0 spiro atoms. The van der Waals surface area contributed by atoms with E-state index in [9.17, 15) is 0 Å². The number of aromatic nitrogens is 2. The predicted octanol–water partition coefficient (Wildman–Crippen LogP) is 3.47. The Morgan fingerprint density at radius 2 is 2.09 bits per heavy atom. The third-order valence-electron chi connectivity index (χ3n) is 3.62. The summed E-state index contributed by atoms with van der Waals surface area (Å²) in [5.74, 6) is 1.94. The molecule has 5 nitrogen and oxygen atoms in total. The lowest BCUT2D eigenvalue weighted by atomic mass is 10.3. The number of aryl methyl sites for hydroxylation is 1. The maximum Gasteiger partial charge on any atom is 0.191 e. The average molecular weight is 429 g/mol. The molecule has 23 heavy (non-hydrogen) atoms. The Hall–Kier alpha value is -1.31. The highest BCUT2D eigenvalue weighted by Crippen LogP contribution is 2.11. The van der Waals surface area contributed by atoms with E-state index < -0.39 is 0 Å². The fourth-order valence-electron chi connectivity index (χ4n) is 2.22. The van der Waals surface area contributed by atoms with Gasteiger partial charge in [0, 0.05) is 25.6 Å². The van der Waals surface area contributed by atoms with E-state index in [0.717, 1.165) is 55.2 Å². The van der Waals surface area contributed by atoms with E-state index in [1.807, 2.05) is 18.2 Å². The van der Waals surface area contributed by atoms with Gasteiger partial charge in [-0.15, -0.1) is 24.0 Å². The number of guanidine groups is 1. The van der Waals surface area contributed by atoms with Gasteiger partial charge in [-0.05, 0) is 38.8 Å².